The zero-order valence-electron chi connectivity index (χ0n) is 12.0. The van der Waals surface area contributed by atoms with Crippen LogP contribution in [0.4, 0.5) is 0 Å². The molecule has 1 aliphatic rings. The highest BCUT2D eigenvalue weighted by Gasteiger charge is 2.30. The first kappa shape index (κ1) is 13.6. The maximum Gasteiger partial charge on any atom is 0.327 e. The second-order valence-electron chi connectivity index (χ2n) is 5.66. The second kappa shape index (κ2) is 4.87. The third kappa shape index (κ3) is 2.16. The van der Waals surface area contributed by atoms with Crippen LogP contribution in [0.15, 0.2) is 23.0 Å². The van der Waals surface area contributed by atoms with Gasteiger partial charge in [0.25, 0.3) is 0 Å². The Hall–Kier alpha value is -2.37. The molecule has 6 heteroatoms. The van der Waals surface area contributed by atoms with Crippen molar-refractivity contribution in [3.05, 3.63) is 34.2 Å². The second-order valence-corrected chi connectivity index (χ2v) is 5.66. The normalized spacial score (nSPS) is 19.3. The summed E-state index contributed by atoms with van der Waals surface area (Å²) in [6, 6.07) is 5.04. The van der Waals surface area contributed by atoms with E-state index in [1.54, 1.807) is 0 Å². The lowest BCUT2D eigenvalue weighted by Gasteiger charge is -2.22. The van der Waals surface area contributed by atoms with Crippen molar-refractivity contribution in [3.63, 3.8) is 0 Å². The molecule has 3 rings (SSSR count). The van der Waals surface area contributed by atoms with Crippen LogP contribution in [0.5, 0.6) is 0 Å². The Kier molecular flexibility index (Phi) is 3.16. The molecule has 1 aromatic carbocycles. The molecule has 2 aromatic rings. The largest absolute Gasteiger partial charge is 0.327 e. The maximum absolute atomic E-state index is 12.3. The molecule has 2 amide bonds. The van der Waals surface area contributed by atoms with Crippen LogP contribution < -0.4 is 11.0 Å². The number of piperidine rings is 1. The lowest BCUT2D eigenvalue weighted by molar-refractivity contribution is -0.135. The Bertz CT molecular complexity index is 785. The molecule has 1 saturated heterocycles. The SMILES string of the molecule is CC(C)c1cccc2c1[nH]c(=O)n2C1CCC(=O)NC1=O. The number of aromatic amines is 1. The fourth-order valence-electron chi connectivity index (χ4n) is 2.89. The van der Waals surface area contributed by atoms with E-state index in [0.717, 1.165) is 11.1 Å². The molecule has 0 radical (unpaired) electrons. The van der Waals surface area contributed by atoms with Crippen molar-refractivity contribution in [1.82, 2.24) is 14.9 Å². The van der Waals surface area contributed by atoms with Gasteiger partial charge in [0.2, 0.25) is 11.8 Å². The van der Waals surface area contributed by atoms with Crippen LogP contribution in [0.25, 0.3) is 11.0 Å². The molecule has 1 atom stereocenters. The van der Waals surface area contributed by atoms with Crippen LogP contribution in [0.3, 0.4) is 0 Å². The summed E-state index contributed by atoms with van der Waals surface area (Å²) in [7, 11) is 0. The minimum absolute atomic E-state index is 0.249. The van der Waals surface area contributed by atoms with Gasteiger partial charge in [0.1, 0.15) is 6.04 Å². The summed E-state index contributed by atoms with van der Waals surface area (Å²) in [4.78, 5) is 38.4. The molecule has 1 fully saturated rings. The first-order chi connectivity index (χ1) is 9.99. The van der Waals surface area contributed by atoms with Crippen molar-refractivity contribution in [1.29, 1.82) is 0 Å². The number of hydrogen-bond acceptors (Lipinski definition) is 3. The van der Waals surface area contributed by atoms with Gasteiger partial charge in [-0.15, -0.1) is 0 Å². The maximum atomic E-state index is 12.3. The van der Waals surface area contributed by atoms with Gasteiger partial charge < -0.3 is 4.98 Å². The van der Waals surface area contributed by atoms with E-state index in [-0.39, 0.29) is 23.9 Å². The number of imidazole rings is 1. The van der Waals surface area contributed by atoms with Crippen molar-refractivity contribution in [3.8, 4) is 0 Å². The number of hydrogen-bond donors (Lipinski definition) is 2. The van der Waals surface area contributed by atoms with Crippen LogP contribution in [0.2, 0.25) is 0 Å². The molecule has 0 aliphatic carbocycles. The van der Waals surface area contributed by atoms with Crippen LogP contribution in [0.1, 0.15) is 44.2 Å². The number of rotatable bonds is 2. The number of carbonyl (C=O) groups excluding carboxylic acids is 2. The van der Waals surface area contributed by atoms with Crippen LogP contribution >= 0.6 is 0 Å². The molecule has 1 unspecified atom stereocenters. The fraction of sp³-hybridized carbons (Fsp3) is 0.400. The van der Waals surface area contributed by atoms with Crippen molar-refractivity contribution in [2.75, 3.05) is 0 Å². The fourth-order valence-corrected chi connectivity index (χ4v) is 2.89. The highest BCUT2D eigenvalue weighted by Crippen LogP contribution is 2.26. The molecule has 110 valence electrons. The van der Waals surface area contributed by atoms with Crippen molar-refractivity contribution in [2.24, 2.45) is 0 Å². The Morgan fingerprint density at radius 3 is 2.67 bits per heavy atom. The summed E-state index contributed by atoms with van der Waals surface area (Å²) in [5, 5.41) is 2.30. The monoisotopic (exact) mass is 287 g/mol. The number of carbonyl (C=O) groups is 2. The molecule has 0 saturated carbocycles. The summed E-state index contributed by atoms with van der Waals surface area (Å²) in [6.45, 7) is 4.10. The summed E-state index contributed by atoms with van der Waals surface area (Å²) in [5.41, 5.74) is 2.20. The van der Waals surface area contributed by atoms with Crippen molar-refractivity contribution in [2.45, 2.75) is 38.6 Å². The predicted octanol–water partition coefficient (Wildman–Crippen LogP) is 1.43. The number of fused-ring (bicyclic) bond motifs is 1. The third-order valence-electron chi connectivity index (χ3n) is 3.93. The summed E-state index contributed by atoms with van der Waals surface area (Å²) >= 11 is 0. The zero-order chi connectivity index (χ0) is 15.1. The lowest BCUT2D eigenvalue weighted by Crippen LogP contribution is -2.43. The number of nitrogens with zero attached hydrogens (tertiary/aromatic N) is 1. The molecule has 6 nitrogen and oxygen atoms in total. The van der Waals surface area contributed by atoms with Crippen LogP contribution in [-0.2, 0) is 9.59 Å². The van der Waals surface area contributed by atoms with Gasteiger partial charge in [-0.1, -0.05) is 26.0 Å². The lowest BCUT2D eigenvalue weighted by atomic mass is 10.0. The van der Waals surface area contributed by atoms with E-state index in [4.69, 9.17) is 0 Å². The Morgan fingerprint density at radius 1 is 1.24 bits per heavy atom. The molecular formula is C15H17N3O3. The van der Waals surface area contributed by atoms with E-state index in [2.05, 4.69) is 24.1 Å². The first-order valence-electron chi connectivity index (χ1n) is 7.06. The number of benzene rings is 1. The Balaban J connectivity index is 2.18. The third-order valence-corrected chi connectivity index (χ3v) is 3.93. The first-order valence-corrected chi connectivity index (χ1v) is 7.06. The van der Waals surface area contributed by atoms with Gasteiger partial charge in [0.05, 0.1) is 11.0 Å². The van der Waals surface area contributed by atoms with Crippen molar-refractivity contribution >= 4 is 22.8 Å². The summed E-state index contributed by atoms with van der Waals surface area (Å²) in [6.07, 6.45) is 0.600. The highest BCUT2D eigenvalue weighted by atomic mass is 16.2. The van der Waals surface area contributed by atoms with E-state index in [1.807, 2.05) is 18.2 Å². The highest BCUT2D eigenvalue weighted by molar-refractivity contribution is 6.00. The standard InChI is InChI=1S/C15H17N3O3/c1-8(2)9-4-3-5-10-13(9)17-15(21)18(10)11-6-7-12(19)16-14(11)20/h3-5,8,11H,6-7H2,1-2H3,(H,17,21)(H,16,19,20). The van der Waals surface area contributed by atoms with E-state index in [0.29, 0.717) is 11.9 Å². The van der Waals surface area contributed by atoms with Crippen molar-refractivity contribution < 1.29 is 9.59 Å². The molecule has 21 heavy (non-hydrogen) atoms. The number of amides is 2. The molecule has 2 N–H and O–H groups in total. The van der Waals surface area contributed by atoms with Gasteiger partial charge in [0.15, 0.2) is 0 Å². The zero-order valence-corrected chi connectivity index (χ0v) is 12.0. The van der Waals surface area contributed by atoms with Gasteiger partial charge in [0, 0.05) is 6.42 Å². The van der Waals surface area contributed by atoms with E-state index < -0.39 is 11.9 Å². The number of para-hydroxylation sites is 1. The van der Waals surface area contributed by atoms with Gasteiger partial charge >= 0.3 is 5.69 Å². The smallest absolute Gasteiger partial charge is 0.305 e. The number of H-pyrrole nitrogens is 1. The van der Waals surface area contributed by atoms with E-state index in [1.165, 1.54) is 4.57 Å². The average molecular weight is 287 g/mol. The van der Waals surface area contributed by atoms with Gasteiger partial charge in [-0.05, 0) is 24.0 Å². The quantitative estimate of drug-likeness (QED) is 0.820. The molecule has 0 spiro atoms. The van der Waals surface area contributed by atoms with E-state index >= 15 is 0 Å². The average Bonchev–Trinajstić information content (AvgIpc) is 2.74. The summed E-state index contributed by atoms with van der Waals surface area (Å²) < 4.78 is 1.46. The molecular weight excluding hydrogens is 270 g/mol. The number of imide groups is 1. The predicted molar refractivity (Wildman–Crippen MR) is 78.1 cm³/mol. The Morgan fingerprint density at radius 2 is 2.00 bits per heavy atom. The number of nitrogens with one attached hydrogen (secondary N) is 2. The van der Waals surface area contributed by atoms with Crippen LogP contribution in [0, 0.1) is 0 Å². The number of aromatic nitrogens is 2. The van der Waals surface area contributed by atoms with Gasteiger partial charge in [-0.3, -0.25) is 19.5 Å². The van der Waals surface area contributed by atoms with E-state index in [9.17, 15) is 14.4 Å². The summed E-state index contributed by atoms with van der Waals surface area (Å²) in [5.74, 6) is -0.432. The minimum atomic E-state index is -0.633. The molecule has 0 bridgehead atoms. The molecule has 2 heterocycles. The van der Waals surface area contributed by atoms with Gasteiger partial charge in [-0.2, -0.15) is 0 Å². The van der Waals surface area contributed by atoms with Crippen LogP contribution in [-0.4, -0.2) is 21.4 Å². The minimum Gasteiger partial charge on any atom is -0.305 e. The Labute approximate surface area is 121 Å². The topological polar surface area (TPSA) is 84.0 Å². The molecule has 1 aromatic heterocycles. The van der Waals surface area contributed by atoms with Gasteiger partial charge in [-0.25, -0.2) is 4.79 Å². The molecule has 1 aliphatic heterocycles.